The summed E-state index contributed by atoms with van der Waals surface area (Å²) in [6.45, 7) is 4.49. The first-order chi connectivity index (χ1) is 11.2. The normalized spacial score (nSPS) is 18.5. The molecule has 1 aliphatic heterocycles. The molecule has 0 bridgehead atoms. The highest BCUT2D eigenvalue weighted by Crippen LogP contribution is 2.30. The standard InChI is InChI=1S/C19H22ClNO2/c20-17-8-6-16(7-9-17)19(22)18(15-4-2-1-3-5-15)14-21-10-12-23-13-11-21/h1-9,18-19,22H,10-14H2/p+1/t18-,19-/m0/s1. The Kier molecular flexibility index (Phi) is 5.68. The Morgan fingerprint density at radius 1 is 0.957 bits per heavy atom. The molecular formula is C19H23ClNO2+. The van der Waals surface area contributed by atoms with Crippen molar-refractivity contribution in [2.45, 2.75) is 12.0 Å². The van der Waals surface area contributed by atoms with E-state index < -0.39 is 6.10 Å². The number of morpholine rings is 1. The summed E-state index contributed by atoms with van der Waals surface area (Å²) >= 11 is 5.97. The van der Waals surface area contributed by atoms with Crippen LogP contribution in [-0.4, -0.2) is 38.0 Å². The molecule has 2 aromatic rings. The topological polar surface area (TPSA) is 33.9 Å². The third kappa shape index (κ3) is 4.33. The average Bonchev–Trinajstić information content (AvgIpc) is 2.61. The Morgan fingerprint density at radius 3 is 2.26 bits per heavy atom. The fourth-order valence-electron chi connectivity index (χ4n) is 3.18. The number of aliphatic hydroxyl groups excluding tert-OH is 1. The van der Waals surface area contributed by atoms with Gasteiger partial charge in [0.25, 0.3) is 0 Å². The number of ether oxygens (including phenoxy) is 1. The minimum atomic E-state index is -0.537. The van der Waals surface area contributed by atoms with Crippen molar-refractivity contribution in [1.29, 1.82) is 0 Å². The minimum absolute atomic E-state index is 0.0606. The Morgan fingerprint density at radius 2 is 1.61 bits per heavy atom. The van der Waals surface area contributed by atoms with Gasteiger partial charge in [0, 0.05) is 5.02 Å². The Bertz CT molecular complexity index is 597. The first-order valence-electron chi connectivity index (χ1n) is 8.14. The van der Waals surface area contributed by atoms with Gasteiger partial charge in [-0.1, -0.05) is 54.1 Å². The van der Waals surface area contributed by atoms with E-state index in [-0.39, 0.29) is 5.92 Å². The molecule has 1 heterocycles. The Balaban J connectivity index is 1.83. The summed E-state index contributed by atoms with van der Waals surface area (Å²) in [5.74, 6) is 0.0606. The van der Waals surface area contributed by atoms with Crippen LogP contribution in [0.3, 0.4) is 0 Å². The van der Waals surface area contributed by atoms with Gasteiger partial charge in [-0.05, 0) is 23.3 Å². The SMILES string of the molecule is O[C@@H](c1ccc(Cl)cc1)[C@@H](C[NH+]1CCOCC1)c1ccccc1. The molecule has 0 unspecified atom stereocenters. The Labute approximate surface area is 142 Å². The summed E-state index contributed by atoms with van der Waals surface area (Å²) in [6.07, 6.45) is -0.537. The zero-order valence-electron chi connectivity index (χ0n) is 13.1. The number of aliphatic hydroxyl groups is 1. The van der Waals surface area contributed by atoms with E-state index in [0.717, 1.165) is 38.4 Å². The first kappa shape index (κ1) is 16.5. The van der Waals surface area contributed by atoms with Crippen LogP contribution in [0.2, 0.25) is 5.02 Å². The molecule has 2 aromatic carbocycles. The molecule has 3 rings (SSSR count). The molecule has 0 spiro atoms. The second kappa shape index (κ2) is 7.93. The van der Waals surface area contributed by atoms with E-state index >= 15 is 0 Å². The van der Waals surface area contributed by atoms with Gasteiger partial charge in [0.1, 0.15) is 13.1 Å². The second-order valence-electron chi connectivity index (χ2n) is 6.08. The number of hydrogen-bond donors (Lipinski definition) is 2. The molecule has 2 N–H and O–H groups in total. The zero-order valence-corrected chi connectivity index (χ0v) is 13.9. The molecular weight excluding hydrogens is 310 g/mol. The van der Waals surface area contributed by atoms with Gasteiger partial charge >= 0.3 is 0 Å². The summed E-state index contributed by atoms with van der Waals surface area (Å²) in [4.78, 5) is 1.48. The lowest BCUT2D eigenvalue weighted by atomic mass is 9.88. The molecule has 122 valence electrons. The van der Waals surface area contributed by atoms with Gasteiger partial charge in [-0.2, -0.15) is 0 Å². The second-order valence-corrected chi connectivity index (χ2v) is 6.52. The summed E-state index contributed by atoms with van der Waals surface area (Å²) in [5.41, 5.74) is 2.09. The van der Waals surface area contributed by atoms with Crippen LogP contribution in [0, 0.1) is 0 Å². The molecule has 4 heteroatoms. The first-order valence-corrected chi connectivity index (χ1v) is 8.51. The predicted octanol–water partition coefficient (Wildman–Crippen LogP) is 2.07. The van der Waals surface area contributed by atoms with Crippen LogP contribution >= 0.6 is 11.6 Å². The van der Waals surface area contributed by atoms with Gasteiger partial charge in [0.2, 0.25) is 0 Å². The van der Waals surface area contributed by atoms with Crippen molar-refractivity contribution >= 4 is 11.6 Å². The van der Waals surface area contributed by atoms with E-state index in [4.69, 9.17) is 16.3 Å². The fourth-order valence-corrected chi connectivity index (χ4v) is 3.31. The minimum Gasteiger partial charge on any atom is -0.388 e. The van der Waals surface area contributed by atoms with Crippen molar-refractivity contribution in [2.24, 2.45) is 0 Å². The maximum Gasteiger partial charge on any atom is 0.101 e. The average molecular weight is 333 g/mol. The highest BCUT2D eigenvalue weighted by Gasteiger charge is 2.28. The lowest BCUT2D eigenvalue weighted by molar-refractivity contribution is -0.909. The maximum absolute atomic E-state index is 11.0. The maximum atomic E-state index is 11.0. The van der Waals surface area contributed by atoms with Gasteiger partial charge < -0.3 is 14.7 Å². The van der Waals surface area contributed by atoms with Crippen molar-refractivity contribution in [2.75, 3.05) is 32.8 Å². The molecule has 0 aliphatic carbocycles. The molecule has 0 radical (unpaired) electrons. The molecule has 1 aliphatic rings. The van der Waals surface area contributed by atoms with Crippen LogP contribution < -0.4 is 4.90 Å². The number of halogens is 1. The van der Waals surface area contributed by atoms with E-state index in [1.165, 1.54) is 10.5 Å². The molecule has 1 fully saturated rings. The fraction of sp³-hybridized carbons (Fsp3) is 0.368. The molecule has 2 atom stereocenters. The van der Waals surface area contributed by atoms with E-state index in [1.54, 1.807) is 0 Å². The summed E-state index contributed by atoms with van der Waals surface area (Å²) in [5, 5.41) is 11.7. The van der Waals surface area contributed by atoms with E-state index in [1.807, 2.05) is 42.5 Å². The third-order valence-corrected chi connectivity index (χ3v) is 4.78. The summed E-state index contributed by atoms with van der Waals surface area (Å²) in [6, 6.07) is 17.8. The van der Waals surface area contributed by atoms with E-state index in [2.05, 4.69) is 12.1 Å². The largest absolute Gasteiger partial charge is 0.388 e. The molecule has 1 saturated heterocycles. The van der Waals surface area contributed by atoms with Crippen molar-refractivity contribution in [1.82, 2.24) is 0 Å². The molecule has 0 amide bonds. The van der Waals surface area contributed by atoms with Gasteiger partial charge in [-0.15, -0.1) is 0 Å². The smallest absolute Gasteiger partial charge is 0.101 e. The van der Waals surface area contributed by atoms with Crippen molar-refractivity contribution < 1.29 is 14.7 Å². The highest BCUT2D eigenvalue weighted by molar-refractivity contribution is 6.30. The van der Waals surface area contributed by atoms with Crippen molar-refractivity contribution in [3.05, 3.63) is 70.7 Å². The van der Waals surface area contributed by atoms with Crippen LogP contribution in [0.15, 0.2) is 54.6 Å². The number of rotatable bonds is 5. The van der Waals surface area contributed by atoms with Gasteiger partial charge in [0.15, 0.2) is 0 Å². The number of quaternary nitrogens is 1. The van der Waals surface area contributed by atoms with Crippen LogP contribution in [0.4, 0.5) is 0 Å². The Hall–Kier alpha value is -1.39. The van der Waals surface area contributed by atoms with E-state index in [0.29, 0.717) is 5.02 Å². The molecule has 23 heavy (non-hydrogen) atoms. The lowest BCUT2D eigenvalue weighted by Crippen LogP contribution is -3.14. The third-order valence-electron chi connectivity index (χ3n) is 4.53. The van der Waals surface area contributed by atoms with Gasteiger partial charge in [-0.3, -0.25) is 0 Å². The van der Waals surface area contributed by atoms with E-state index in [9.17, 15) is 5.11 Å². The van der Waals surface area contributed by atoms with Crippen LogP contribution in [-0.2, 0) is 4.74 Å². The van der Waals surface area contributed by atoms with Gasteiger partial charge in [0.05, 0.1) is 31.8 Å². The van der Waals surface area contributed by atoms with Crippen LogP contribution in [0.5, 0.6) is 0 Å². The quantitative estimate of drug-likeness (QED) is 0.879. The number of nitrogens with one attached hydrogen (secondary N) is 1. The monoisotopic (exact) mass is 332 g/mol. The lowest BCUT2D eigenvalue weighted by Gasteiger charge is -2.30. The molecule has 0 aromatic heterocycles. The summed E-state index contributed by atoms with van der Waals surface area (Å²) < 4.78 is 5.45. The number of benzene rings is 2. The van der Waals surface area contributed by atoms with Crippen LogP contribution in [0.25, 0.3) is 0 Å². The van der Waals surface area contributed by atoms with Gasteiger partial charge in [-0.25, -0.2) is 0 Å². The molecule has 3 nitrogen and oxygen atoms in total. The van der Waals surface area contributed by atoms with Crippen molar-refractivity contribution in [3.8, 4) is 0 Å². The zero-order chi connectivity index (χ0) is 16.1. The van der Waals surface area contributed by atoms with Crippen molar-refractivity contribution in [3.63, 3.8) is 0 Å². The highest BCUT2D eigenvalue weighted by atomic mass is 35.5. The van der Waals surface area contributed by atoms with Crippen LogP contribution in [0.1, 0.15) is 23.1 Å². The number of hydrogen-bond acceptors (Lipinski definition) is 2. The predicted molar refractivity (Wildman–Crippen MR) is 92.0 cm³/mol. The molecule has 0 saturated carbocycles. The summed E-state index contributed by atoms with van der Waals surface area (Å²) in [7, 11) is 0.